The zero-order valence-corrected chi connectivity index (χ0v) is 11.8. The summed E-state index contributed by atoms with van der Waals surface area (Å²) in [6, 6.07) is 0.439. The maximum absolute atomic E-state index is 5.61. The summed E-state index contributed by atoms with van der Waals surface area (Å²) < 4.78 is 11.1. The molecule has 0 spiro atoms. The van der Waals surface area contributed by atoms with Crippen LogP contribution in [0, 0.1) is 6.92 Å². The highest BCUT2D eigenvalue weighted by atomic mass is 16.5. The second-order valence-corrected chi connectivity index (χ2v) is 5.62. The van der Waals surface area contributed by atoms with Crippen LogP contribution >= 0.6 is 0 Å². The summed E-state index contributed by atoms with van der Waals surface area (Å²) in [5.41, 5.74) is 1.30. The van der Waals surface area contributed by atoms with Gasteiger partial charge in [0.15, 0.2) is 0 Å². The molecule has 2 saturated heterocycles. The highest BCUT2D eigenvalue weighted by molar-refractivity contribution is 5.65. The van der Waals surface area contributed by atoms with Crippen molar-refractivity contribution in [3.63, 3.8) is 0 Å². The number of aryl methyl sites for hydroxylation is 1. The van der Waals surface area contributed by atoms with Crippen molar-refractivity contribution in [2.75, 3.05) is 55.9 Å². The number of ether oxygens (including phenoxy) is 2. The molecule has 4 heterocycles. The molecule has 1 aromatic rings. The molecule has 1 aromatic heterocycles. The van der Waals surface area contributed by atoms with Crippen LogP contribution in [0.3, 0.4) is 0 Å². The molecule has 3 aliphatic heterocycles. The Balaban J connectivity index is 1.74. The summed E-state index contributed by atoms with van der Waals surface area (Å²) in [5.74, 6) is 3.11. The van der Waals surface area contributed by atoms with E-state index < -0.39 is 0 Å². The Morgan fingerprint density at radius 2 is 1.75 bits per heavy atom. The molecule has 108 valence electrons. The number of rotatable bonds is 1. The van der Waals surface area contributed by atoms with Gasteiger partial charge in [-0.05, 0) is 6.92 Å². The van der Waals surface area contributed by atoms with Crippen molar-refractivity contribution in [1.82, 2.24) is 9.97 Å². The Hall–Kier alpha value is -1.40. The molecule has 4 rings (SSSR count). The van der Waals surface area contributed by atoms with Crippen molar-refractivity contribution < 1.29 is 9.47 Å². The monoisotopic (exact) mass is 276 g/mol. The molecule has 6 nitrogen and oxygen atoms in total. The number of aromatic nitrogens is 2. The summed E-state index contributed by atoms with van der Waals surface area (Å²) in [6.07, 6.45) is 1.00. The van der Waals surface area contributed by atoms with E-state index in [4.69, 9.17) is 19.4 Å². The van der Waals surface area contributed by atoms with E-state index in [9.17, 15) is 0 Å². The predicted octanol–water partition coefficient (Wildman–Crippen LogP) is 0.383. The Bertz CT molecular complexity index is 516. The molecule has 0 aliphatic carbocycles. The van der Waals surface area contributed by atoms with Gasteiger partial charge in [0.05, 0.1) is 32.5 Å². The smallest absolute Gasteiger partial charge is 0.138 e. The minimum atomic E-state index is 0.439. The minimum absolute atomic E-state index is 0.439. The van der Waals surface area contributed by atoms with E-state index in [-0.39, 0.29) is 0 Å². The number of morpholine rings is 2. The molecule has 0 aromatic carbocycles. The summed E-state index contributed by atoms with van der Waals surface area (Å²) >= 11 is 0. The molecule has 0 N–H and O–H groups in total. The Labute approximate surface area is 118 Å². The van der Waals surface area contributed by atoms with Gasteiger partial charge >= 0.3 is 0 Å². The number of anilines is 2. The zero-order chi connectivity index (χ0) is 13.5. The van der Waals surface area contributed by atoms with Gasteiger partial charge in [-0.25, -0.2) is 9.97 Å². The van der Waals surface area contributed by atoms with E-state index in [0.717, 1.165) is 69.9 Å². The highest BCUT2D eigenvalue weighted by Crippen LogP contribution is 2.37. The van der Waals surface area contributed by atoms with Crippen LogP contribution in [0.25, 0.3) is 0 Å². The molecule has 20 heavy (non-hydrogen) atoms. The fourth-order valence-corrected chi connectivity index (χ4v) is 3.36. The number of hydrogen-bond acceptors (Lipinski definition) is 6. The van der Waals surface area contributed by atoms with Crippen molar-refractivity contribution in [3.8, 4) is 0 Å². The van der Waals surface area contributed by atoms with E-state index in [1.54, 1.807) is 0 Å². The third-order valence-electron chi connectivity index (χ3n) is 4.33. The number of hydrogen-bond donors (Lipinski definition) is 0. The maximum Gasteiger partial charge on any atom is 0.138 e. The molecule has 2 fully saturated rings. The van der Waals surface area contributed by atoms with Crippen molar-refractivity contribution in [1.29, 1.82) is 0 Å². The third-order valence-corrected chi connectivity index (χ3v) is 4.33. The first-order valence-corrected chi connectivity index (χ1v) is 7.37. The summed E-state index contributed by atoms with van der Waals surface area (Å²) in [4.78, 5) is 14.2. The lowest BCUT2D eigenvalue weighted by Crippen LogP contribution is -2.43. The quantitative estimate of drug-likeness (QED) is 0.739. The topological polar surface area (TPSA) is 50.7 Å². The number of nitrogens with zero attached hydrogens (tertiary/aromatic N) is 4. The second-order valence-electron chi connectivity index (χ2n) is 5.62. The van der Waals surface area contributed by atoms with E-state index in [2.05, 4.69) is 9.80 Å². The van der Waals surface area contributed by atoms with Crippen LogP contribution in [-0.2, 0) is 15.9 Å². The fourth-order valence-electron chi connectivity index (χ4n) is 3.36. The van der Waals surface area contributed by atoms with Gasteiger partial charge < -0.3 is 19.3 Å². The van der Waals surface area contributed by atoms with Crippen molar-refractivity contribution in [2.24, 2.45) is 0 Å². The lowest BCUT2D eigenvalue weighted by atomic mass is 10.1. The van der Waals surface area contributed by atoms with Crippen molar-refractivity contribution in [2.45, 2.75) is 19.4 Å². The van der Waals surface area contributed by atoms with Gasteiger partial charge in [0, 0.05) is 31.6 Å². The molecular weight excluding hydrogens is 256 g/mol. The lowest BCUT2D eigenvalue weighted by molar-refractivity contribution is 0.0973. The summed E-state index contributed by atoms with van der Waals surface area (Å²) in [7, 11) is 0. The molecule has 0 amide bonds. The van der Waals surface area contributed by atoms with Gasteiger partial charge in [0.2, 0.25) is 0 Å². The van der Waals surface area contributed by atoms with Gasteiger partial charge in [0.1, 0.15) is 17.5 Å². The lowest BCUT2D eigenvalue weighted by Gasteiger charge is -2.31. The van der Waals surface area contributed by atoms with E-state index in [0.29, 0.717) is 6.04 Å². The van der Waals surface area contributed by atoms with Crippen LogP contribution < -0.4 is 9.80 Å². The van der Waals surface area contributed by atoms with Crippen molar-refractivity contribution >= 4 is 11.6 Å². The van der Waals surface area contributed by atoms with Gasteiger partial charge in [-0.1, -0.05) is 0 Å². The minimum Gasteiger partial charge on any atom is -0.378 e. The van der Waals surface area contributed by atoms with E-state index >= 15 is 0 Å². The van der Waals surface area contributed by atoms with Crippen LogP contribution in [0.1, 0.15) is 11.4 Å². The Kier molecular flexibility index (Phi) is 3.00. The van der Waals surface area contributed by atoms with E-state index in [1.807, 2.05) is 6.92 Å². The second kappa shape index (κ2) is 4.86. The molecule has 6 heteroatoms. The Morgan fingerprint density at radius 3 is 2.60 bits per heavy atom. The molecule has 0 saturated carbocycles. The zero-order valence-electron chi connectivity index (χ0n) is 11.8. The highest BCUT2D eigenvalue weighted by Gasteiger charge is 2.36. The van der Waals surface area contributed by atoms with Gasteiger partial charge in [-0.15, -0.1) is 0 Å². The van der Waals surface area contributed by atoms with Crippen LogP contribution in [0.4, 0.5) is 11.6 Å². The standard InChI is InChI=1S/C14H20N4O2/c1-10-15-13(17-2-5-19-6-3-17)12-8-11-9-20-7-4-18(11)14(12)16-10/h11H,2-9H2,1H3/t11-/m1/s1. The van der Waals surface area contributed by atoms with Gasteiger partial charge in [-0.3, -0.25) is 0 Å². The van der Waals surface area contributed by atoms with E-state index in [1.165, 1.54) is 5.56 Å². The average molecular weight is 276 g/mol. The molecule has 3 aliphatic rings. The molecule has 0 bridgehead atoms. The largest absolute Gasteiger partial charge is 0.378 e. The third kappa shape index (κ3) is 1.94. The molecule has 1 atom stereocenters. The Morgan fingerprint density at radius 1 is 1.00 bits per heavy atom. The predicted molar refractivity (Wildman–Crippen MR) is 75.5 cm³/mol. The van der Waals surface area contributed by atoms with Crippen LogP contribution in [0.5, 0.6) is 0 Å². The first kappa shape index (κ1) is 12.3. The molecule has 0 radical (unpaired) electrons. The van der Waals surface area contributed by atoms with Crippen LogP contribution in [0.2, 0.25) is 0 Å². The SMILES string of the molecule is Cc1nc(N2CCOCC2)c2c(n1)N1CCOC[C@H]1C2. The van der Waals surface area contributed by atoms with Crippen LogP contribution in [-0.4, -0.2) is 62.1 Å². The van der Waals surface area contributed by atoms with Gasteiger partial charge in [0.25, 0.3) is 0 Å². The average Bonchev–Trinajstić information content (AvgIpc) is 2.86. The molecule has 0 unspecified atom stereocenters. The summed E-state index contributed by atoms with van der Waals surface area (Å²) in [5, 5.41) is 0. The first-order valence-electron chi connectivity index (χ1n) is 7.37. The number of fused-ring (bicyclic) bond motifs is 3. The fraction of sp³-hybridized carbons (Fsp3) is 0.714. The van der Waals surface area contributed by atoms with Crippen molar-refractivity contribution in [3.05, 3.63) is 11.4 Å². The maximum atomic E-state index is 5.61. The van der Waals surface area contributed by atoms with Gasteiger partial charge in [-0.2, -0.15) is 0 Å². The summed E-state index contributed by atoms with van der Waals surface area (Å²) in [6.45, 7) is 7.94. The first-order chi connectivity index (χ1) is 9.83. The normalized spacial score (nSPS) is 25.6. The van der Waals surface area contributed by atoms with Crippen LogP contribution in [0.15, 0.2) is 0 Å². The molecular formula is C14H20N4O2.